The van der Waals surface area contributed by atoms with Gasteiger partial charge in [0, 0.05) is 10.6 Å². The summed E-state index contributed by atoms with van der Waals surface area (Å²) in [7, 11) is 1.55. The van der Waals surface area contributed by atoms with Crippen LogP contribution < -0.4 is 15.6 Å². The van der Waals surface area contributed by atoms with Crippen LogP contribution in [0.4, 0.5) is 0 Å². The largest absolute Gasteiger partial charge is 0.496 e. The zero-order chi connectivity index (χ0) is 17.0. The molecule has 120 valence electrons. The second-order valence-corrected chi connectivity index (χ2v) is 6.39. The first-order valence-corrected chi connectivity index (χ1v) is 8.15. The van der Waals surface area contributed by atoms with Gasteiger partial charge in [-0.05, 0) is 59.0 Å². The Kier molecular flexibility index (Phi) is 6.09. The van der Waals surface area contributed by atoms with Gasteiger partial charge in [-0.1, -0.05) is 23.2 Å². The second kappa shape index (κ2) is 7.85. The first-order chi connectivity index (χ1) is 10.9. The van der Waals surface area contributed by atoms with Gasteiger partial charge in [0.15, 0.2) is 0 Å². The zero-order valence-electron chi connectivity index (χ0n) is 11.8. The summed E-state index contributed by atoms with van der Waals surface area (Å²) < 4.78 is 5.91. The average Bonchev–Trinajstić information content (AvgIpc) is 2.52. The lowest BCUT2D eigenvalue weighted by Gasteiger charge is -2.10. The number of halogens is 3. The van der Waals surface area contributed by atoms with E-state index in [9.17, 15) is 9.59 Å². The molecule has 2 N–H and O–H groups in total. The van der Waals surface area contributed by atoms with E-state index in [1.54, 1.807) is 25.3 Å². The summed E-state index contributed by atoms with van der Waals surface area (Å²) in [4.78, 5) is 24.1. The van der Waals surface area contributed by atoms with Crippen LogP contribution in [0.1, 0.15) is 20.7 Å². The van der Waals surface area contributed by atoms with Gasteiger partial charge in [0.2, 0.25) is 0 Å². The van der Waals surface area contributed by atoms with Crippen molar-refractivity contribution in [2.45, 2.75) is 0 Å². The normalized spacial score (nSPS) is 10.1. The monoisotopic (exact) mass is 464 g/mol. The van der Waals surface area contributed by atoms with Crippen molar-refractivity contribution in [1.82, 2.24) is 10.9 Å². The van der Waals surface area contributed by atoms with Crippen molar-refractivity contribution in [2.75, 3.05) is 7.11 Å². The molecule has 0 aliphatic heterocycles. The number of hydrogen-bond acceptors (Lipinski definition) is 3. The van der Waals surface area contributed by atoms with Crippen LogP contribution in [0.2, 0.25) is 10.0 Å². The summed E-state index contributed by atoms with van der Waals surface area (Å²) in [5.41, 5.74) is 5.23. The Hall–Kier alpha value is -1.51. The zero-order valence-corrected chi connectivity index (χ0v) is 15.5. The molecule has 2 rings (SSSR count). The molecule has 0 saturated heterocycles. The summed E-state index contributed by atoms with van der Waals surface area (Å²) in [5.74, 6) is -0.327. The number of hydrogen-bond donors (Lipinski definition) is 2. The summed E-state index contributed by atoms with van der Waals surface area (Å²) in [6, 6.07) is 9.38. The maximum absolute atomic E-state index is 12.0. The van der Waals surface area contributed by atoms with Crippen LogP contribution in [0.15, 0.2) is 36.4 Å². The number of nitrogens with one attached hydrogen (secondary N) is 2. The van der Waals surface area contributed by atoms with Gasteiger partial charge in [-0.3, -0.25) is 20.4 Å². The van der Waals surface area contributed by atoms with E-state index >= 15 is 0 Å². The molecule has 0 heterocycles. The van der Waals surface area contributed by atoms with E-state index in [0.717, 1.165) is 3.57 Å². The van der Waals surface area contributed by atoms with Crippen LogP contribution in [0, 0.1) is 3.57 Å². The summed E-state index contributed by atoms with van der Waals surface area (Å²) in [6.45, 7) is 0. The Morgan fingerprint density at radius 3 is 2.35 bits per heavy atom. The number of ether oxygens (including phenoxy) is 1. The molecular formula is C15H11Cl2IN2O3. The quantitative estimate of drug-likeness (QED) is 0.537. The molecule has 23 heavy (non-hydrogen) atoms. The van der Waals surface area contributed by atoms with E-state index in [1.165, 1.54) is 18.2 Å². The standard InChI is InChI=1S/C15H11Cl2IN2O3/c1-23-13-5-2-8(6-12(13)18)14(21)19-20-15(22)10-4-3-9(16)7-11(10)17/h2-7H,1H3,(H,19,21)(H,20,22). The van der Waals surface area contributed by atoms with Gasteiger partial charge in [0.05, 0.1) is 21.3 Å². The first-order valence-electron chi connectivity index (χ1n) is 6.31. The highest BCUT2D eigenvalue weighted by Gasteiger charge is 2.13. The molecule has 2 amide bonds. The third-order valence-corrected chi connectivity index (χ3v) is 4.27. The first kappa shape index (κ1) is 17.8. The van der Waals surface area contributed by atoms with Crippen molar-refractivity contribution in [3.63, 3.8) is 0 Å². The van der Waals surface area contributed by atoms with Crippen LogP contribution in [-0.4, -0.2) is 18.9 Å². The fraction of sp³-hybridized carbons (Fsp3) is 0.0667. The molecule has 0 unspecified atom stereocenters. The van der Waals surface area contributed by atoms with Gasteiger partial charge in [-0.25, -0.2) is 0 Å². The fourth-order valence-corrected chi connectivity index (χ4v) is 2.96. The lowest BCUT2D eigenvalue weighted by atomic mass is 10.2. The van der Waals surface area contributed by atoms with Crippen LogP contribution in [0.25, 0.3) is 0 Å². The van der Waals surface area contributed by atoms with Crippen molar-refractivity contribution in [2.24, 2.45) is 0 Å². The maximum Gasteiger partial charge on any atom is 0.271 e. The van der Waals surface area contributed by atoms with Crippen molar-refractivity contribution in [3.8, 4) is 5.75 Å². The van der Waals surface area contributed by atoms with Gasteiger partial charge in [-0.2, -0.15) is 0 Å². The Labute approximate surface area is 156 Å². The molecule has 0 saturated carbocycles. The van der Waals surface area contributed by atoms with E-state index in [-0.39, 0.29) is 10.6 Å². The third kappa shape index (κ3) is 4.49. The number of hydrazine groups is 1. The van der Waals surface area contributed by atoms with Crippen molar-refractivity contribution < 1.29 is 14.3 Å². The molecule has 0 atom stereocenters. The van der Waals surface area contributed by atoms with E-state index in [0.29, 0.717) is 16.3 Å². The predicted molar refractivity (Wildman–Crippen MR) is 97.1 cm³/mol. The smallest absolute Gasteiger partial charge is 0.271 e. The van der Waals surface area contributed by atoms with Crippen LogP contribution in [-0.2, 0) is 0 Å². The van der Waals surface area contributed by atoms with Gasteiger partial charge < -0.3 is 4.74 Å². The summed E-state index contributed by atoms with van der Waals surface area (Å²) in [5, 5.41) is 0.617. The average molecular weight is 465 g/mol. The van der Waals surface area contributed by atoms with Crippen LogP contribution >= 0.6 is 45.8 Å². The minimum atomic E-state index is -0.539. The minimum absolute atomic E-state index is 0.197. The van der Waals surface area contributed by atoms with Crippen LogP contribution in [0.5, 0.6) is 5.75 Å². The highest BCUT2D eigenvalue weighted by atomic mass is 127. The number of benzene rings is 2. The lowest BCUT2D eigenvalue weighted by molar-refractivity contribution is 0.0846. The number of methoxy groups -OCH3 is 1. The third-order valence-electron chi connectivity index (χ3n) is 2.88. The summed E-state index contributed by atoms with van der Waals surface area (Å²) >= 11 is 13.8. The topological polar surface area (TPSA) is 67.4 Å². The van der Waals surface area contributed by atoms with Gasteiger partial charge in [0.1, 0.15) is 5.75 Å². The maximum atomic E-state index is 12.0. The number of carbonyl (C=O) groups is 2. The molecule has 0 bridgehead atoms. The second-order valence-electron chi connectivity index (χ2n) is 4.38. The highest BCUT2D eigenvalue weighted by Crippen LogP contribution is 2.22. The van der Waals surface area contributed by atoms with Crippen molar-refractivity contribution in [3.05, 3.63) is 61.1 Å². The van der Waals surface area contributed by atoms with Crippen molar-refractivity contribution >= 4 is 57.6 Å². The molecule has 0 spiro atoms. The molecule has 5 nitrogen and oxygen atoms in total. The van der Waals surface area contributed by atoms with Crippen molar-refractivity contribution in [1.29, 1.82) is 0 Å². The number of rotatable bonds is 3. The fourth-order valence-electron chi connectivity index (χ4n) is 1.73. The molecule has 0 fully saturated rings. The molecule has 0 aliphatic rings. The van der Waals surface area contributed by atoms with Crippen LogP contribution in [0.3, 0.4) is 0 Å². The Morgan fingerprint density at radius 1 is 1.04 bits per heavy atom. The van der Waals surface area contributed by atoms with E-state index in [4.69, 9.17) is 27.9 Å². The Balaban J connectivity index is 2.04. The van der Waals surface area contributed by atoms with E-state index < -0.39 is 11.8 Å². The molecule has 8 heteroatoms. The number of amides is 2. The van der Waals surface area contributed by atoms with Gasteiger partial charge in [-0.15, -0.1) is 0 Å². The van der Waals surface area contributed by atoms with Gasteiger partial charge in [0.25, 0.3) is 11.8 Å². The predicted octanol–water partition coefficient (Wildman–Crippen LogP) is 3.68. The minimum Gasteiger partial charge on any atom is -0.496 e. The van der Waals surface area contributed by atoms with E-state index in [2.05, 4.69) is 33.4 Å². The lowest BCUT2D eigenvalue weighted by Crippen LogP contribution is -2.41. The molecule has 0 aromatic heterocycles. The SMILES string of the molecule is COc1ccc(C(=O)NNC(=O)c2ccc(Cl)cc2Cl)cc1I. The summed E-state index contributed by atoms with van der Waals surface area (Å²) in [6.07, 6.45) is 0. The molecule has 2 aromatic carbocycles. The van der Waals surface area contributed by atoms with Gasteiger partial charge >= 0.3 is 0 Å². The highest BCUT2D eigenvalue weighted by molar-refractivity contribution is 14.1. The molecular weight excluding hydrogens is 454 g/mol. The number of carbonyl (C=O) groups excluding carboxylic acids is 2. The molecule has 2 aromatic rings. The molecule has 0 radical (unpaired) electrons. The van der Waals surface area contributed by atoms with E-state index in [1.807, 2.05) is 0 Å². The molecule has 0 aliphatic carbocycles. The Bertz CT molecular complexity index is 768. The Morgan fingerprint density at radius 2 is 1.74 bits per heavy atom.